The van der Waals surface area contributed by atoms with Crippen LogP contribution in [0, 0.1) is 0 Å². The Labute approximate surface area is 106 Å². The molecule has 0 aromatic heterocycles. The van der Waals surface area contributed by atoms with Crippen molar-refractivity contribution in [3.05, 3.63) is 66.4 Å². The van der Waals surface area contributed by atoms with E-state index in [0.29, 0.717) is 0 Å². The molecule has 0 atom stereocenters. The Morgan fingerprint density at radius 3 is 2.18 bits per heavy atom. The molecule has 0 saturated carbocycles. The first-order valence-electron chi connectivity index (χ1n) is 6.14. The number of hydrogen-bond acceptors (Lipinski definition) is 1. The standard InChI is InChI=1S/C14H17N.C2H6/c1-3-5-7-10-13(4-2)15-14-11-8-6-9-12-14;1-2/h3-12,15H,1-2H3;1-2H3/b5-3-,10-7-,13-4+;. The molecule has 0 aliphatic carbocycles. The van der Waals surface area contributed by atoms with E-state index < -0.39 is 0 Å². The molecule has 1 N–H and O–H groups in total. The zero-order valence-electron chi connectivity index (χ0n) is 11.3. The molecule has 1 aromatic rings. The SMILES string of the molecule is CC.C\C=C/C=C\C(=C/C)Nc1ccccc1. The van der Waals surface area contributed by atoms with Gasteiger partial charge in [0, 0.05) is 11.4 Å². The van der Waals surface area contributed by atoms with Crippen LogP contribution in [-0.2, 0) is 0 Å². The zero-order valence-corrected chi connectivity index (χ0v) is 11.3. The summed E-state index contributed by atoms with van der Waals surface area (Å²) >= 11 is 0. The minimum Gasteiger partial charge on any atom is -0.356 e. The molecule has 0 bridgehead atoms. The van der Waals surface area contributed by atoms with Crippen LogP contribution in [0.25, 0.3) is 0 Å². The van der Waals surface area contributed by atoms with Crippen LogP contribution in [0.4, 0.5) is 5.69 Å². The lowest BCUT2D eigenvalue weighted by Gasteiger charge is -2.05. The number of allylic oxidation sites excluding steroid dienone is 5. The summed E-state index contributed by atoms with van der Waals surface area (Å²) in [6.45, 7) is 8.02. The maximum atomic E-state index is 3.33. The molecule has 0 amide bonds. The molecule has 0 heterocycles. The van der Waals surface area contributed by atoms with Crippen LogP contribution in [0.5, 0.6) is 0 Å². The summed E-state index contributed by atoms with van der Waals surface area (Å²) in [4.78, 5) is 0. The summed E-state index contributed by atoms with van der Waals surface area (Å²) in [5.74, 6) is 0. The van der Waals surface area contributed by atoms with Crippen LogP contribution in [0.1, 0.15) is 27.7 Å². The van der Waals surface area contributed by atoms with Crippen LogP contribution in [0.3, 0.4) is 0 Å². The Hall–Kier alpha value is -1.76. The van der Waals surface area contributed by atoms with Crippen molar-refractivity contribution in [2.45, 2.75) is 27.7 Å². The third kappa shape index (κ3) is 7.18. The van der Waals surface area contributed by atoms with Gasteiger partial charge in [-0.05, 0) is 32.1 Å². The van der Waals surface area contributed by atoms with E-state index in [4.69, 9.17) is 0 Å². The second kappa shape index (κ2) is 10.7. The first-order valence-corrected chi connectivity index (χ1v) is 6.14. The molecule has 0 radical (unpaired) electrons. The van der Waals surface area contributed by atoms with E-state index in [1.54, 1.807) is 0 Å². The molecule has 0 unspecified atom stereocenters. The van der Waals surface area contributed by atoms with Crippen molar-refractivity contribution >= 4 is 5.69 Å². The lowest BCUT2D eigenvalue weighted by Crippen LogP contribution is -1.95. The van der Waals surface area contributed by atoms with E-state index in [0.717, 1.165) is 11.4 Å². The van der Waals surface area contributed by atoms with E-state index in [2.05, 4.69) is 5.32 Å². The molecule has 0 saturated heterocycles. The second-order valence-corrected chi connectivity index (χ2v) is 3.12. The quantitative estimate of drug-likeness (QED) is 0.703. The predicted octanol–water partition coefficient (Wildman–Crippen LogP) is 5.16. The monoisotopic (exact) mass is 229 g/mol. The van der Waals surface area contributed by atoms with Crippen LogP contribution in [-0.4, -0.2) is 0 Å². The van der Waals surface area contributed by atoms with E-state index in [9.17, 15) is 0 Å². The lowest BCUT2D eigenvalue weighted by molar-refractivity contribution is 1.44. The predicted molar refractivity (Wildman–Crippen MR) is 79.1 cm³/mol. The Bertz CT molecular complexity index is 358. The number of nitrogens with one attached hydrogen (secondary N) is 1. The highest BCUT2D eigenvalue weighted by Gasteiger charge is 1.90. The van der Waals surface area contributed by atoms with Gasteiger partial charge in [-0.2, -0.15) is 0 Å². The first-order chi connectivity index (χ1) is 8.36. The van der Waals surface area contributed by atoms with Gasteiger partial charge < -0.3 is 5.32 Å². The van der Waals surface area contributed by atoms with Crippen LogP contribution in [0.15, 0.2) is 66.4 Å². The van der Waals surface area contributed by atoms with Crippen LogP contribution >= 0.6 is 0 Å². The smallest absolute Gasteiger partial charge is 0.0384 e. The van der Waals surface area contributed by atoms with E-state index in [-0.39, 0.29) is 0 Å². The average Bonchev–Trinajstić information content (AvgIpc) is 2.41. The van der Waals surface area contributed by atoms with E-state index in [1.165, 1.54) is 0 Å². The molecule has 0 spiro atoms. The first kappa shape index (κ1) is 15.2. The molecule has 17 heavy (non-hydrogen) atoms. The largest absolute Gasteiger partial charge is 0.356 e. The van der Waals surface area contributed by atoms with Crippen molar-refractivity contribution in [3.8, 4) is 0 Å². The fourth-order valence-corrected chi connectivity index (χ4v) is 1.17. The summed E-state index contributed by atoms with van der Waals surface area (Å²) in [6, 6.07) is 10.1. The van der Waals surface area contributed by atoms with Gasteiger partial charge in [-0.1, -0.05) is 56.4 Å². The summed E-state index contributed by atoms with van der Waals surface area (Å²) in [6.07, 6.45) is 10.1. The Kier molecular flexibility index (Phi) is 9.64. The lowest BCUT2D eigenvalue weighted by atomic mass is 10.3. The van der Waals surface area contributed by atoms with Gasteiger partial charge in [0.05, 0.1) is 0 Å². The van der Waals surface area contributed by atoms with Gasteiger partial charge in [0.1, 0.15) is 0 Å². The van der Waals surface area contributed by atoms with Gasteiger partial charge in [-0.25, -0.2) is 0 Å². The maximum Gasteiger partial charge on any atom is 0.0384 e. The Balaban J connectivity index is 0.00000121. The molecule has 1 aromatic carbocycles. The maximum absolute atomic E-state index is 3.33. The average molecular weight is 229 g/mol. The van der Waals surface area contributed by atoms with Crippen molar-refractivity contribution in [1.29, 1.82) is 0 Å². The molecule has 92 valence electrons. The number of hydrogen-bond donors (Lipinski definition) is 1. The van der Waals surface area contributed by atoms with Crippen molar-refractivity contribution in [3.63, 3.8) is 0 Å². The summed E-state index contributed by atoms with van der Waals surface area (Å²) < 4.78 is 0. The highest BCUT2D eigenvalue weighted by molar-refractivity contribution is 5.50. The fraction of sp³-hybridized carbons (Fsp3) is 0.250. The van der Waals surface area contributed by atoms with Crippen molar-refractivity contribution in [1.82, 2.24) is 0 Å². The second-order valence-electron chi connectivity index (χ2n) is 3.12. The van der Waals surface area contributed by atoms with Crippen molar-refractivity contribution in [2.24, 2.45) is 0 Å². The van der Waals surface area contributed by atoms with Crippen molar-refractivity contribution < 1.29 is 0 Å². The molecule has 0 aliphatic rings. The number of benzene rings is 1. The summed E-state index contributed by atoms with van der Waals surface area (Å²) in [5, 5.41) is 3.33. The van der Waals surface area contributed by atoms with Gasteiger partial charge in [0.2, 0.25) is 0 Å². The Morgan fingerprint density at radius 2 is 1.65 bits per heavy atom. The van der Waals surface area contributed by atoms with Gasteiger partial charge in [-0.3, -0.25) is 0 Å². The summed E-state index contributed by atoms with van der Waals surface area (Å²) in [7, 11) is 0. The van der Waals surface area contributed by atoms with E-state index in [1.807, 2.05) is 88.4 Å². The third-order valence-electron chi connectivity index (χ3n) is 1.95. The minimum absolute atomic E-state index is 1.10. The third-order valence-corrected chi connectivity index (χ3v) is 1.95. The number of anilines is 1. The fourth-order valence-electron chi connectivity index (χ4n) is 1.17. The molecule has 1 rings (SSSR count). The number of rotatable bonds is 4. The van der Waals surface area contributed by atoms with Crippen LogP contribution < -0.4 is 5.32 Å². The van der Waals surface area contributed by atoms with Gasteiger partial charge in [-0.15, -0.1) is 0 Å². The molecule has 1 nitrogen and oxygen atoms in total. The van der Waals surface area contributed by atoms with E-state index >= 15 is 0 Å². The molecule has 1 heteroatoms. The topological polar surface area (TPSA) is 12.0 Å². The molecule has 0 aliphatic heterocycles. The normalized spacial score (nSPS) is 11.4. The van der Waals surface area contributed by atoms with Gasteiger partial charge in [0.15, 0.2) is 0 Å². The minimum atomic E-state index is 1.10. The van der Waals surface area contributed by atoms with Gasteiger partial charge in [0.25, 0.3) is 0 Å². The highest BCUT2D eigenvalue weighted by Crippen LogP contribution is 2.09. The zero-order chi connectivity index (χ0) is 12.9. The summed E-state index contributed by atoms with van der Waals surface area (Å²) in [5.41, 5.74) is 2.20. The number of para-hydroxylation sites is 1. The van der Waals surface area contributed by atoms with Gasteiger partial charge >= 0.3 is 0 Å². The van der Waals surface area contributed by atoms with Crippen molar-refractivity contribution in [2.75, 3.05) is 5.32 Å². The van der Waals surface area contributed by atoms with Crippen LogP contribution in [0.2, 0.25) is 0 Å². The Morgan fingerprint density at radius 1 is 1.00 bits per heavy atom. The highest BCUT2D eigenvalue weighted by atomic mass is 14.9. The molecular formula is C16H23N. The molecular weight excluding hydrogens is 206 g/mol. The molecule has 0 fully saturated rings.